The number of likely N-dealkylation sites (N-methyl/N-ethyl adjacent to an activating group) is 1. The predicted octanol–water partition coefficient (Wildman–Crippen LogP) is 2.04. The average Bonchev–Trinajstić information content (AvgIpc) is 3.13. The topological polar surface area (TPSA) is 38.5 Å². The van der Waals surface area contributed by atoms with Gasteiger partial charge in [-0.15, -0.1) is 0 Å². The van der Waals surface area contributed by atoms with Crippen LogP contribution in [-0.4, -0.2) is 36.6 Å². The molecule has 0 heterocycles. The minimum absolute atomic E-state index is 0.409. The van der Waals surface area contributed by atoms with Crippen molar-refractivity contribution in [2.75, 3.05) is 26.7 Å². The highest BCUT2D eigenvalue weighted by molar-refractivity contribution is 7.80. The number of hydrogen-bond donors (Lipinski definition) is 1. The third kappa shape index (κ3) is 4.27. The summed E-state index contributed by atoms with van der Waals surface area (Å²) in [5.41, 5.74) is 6.44. The summed E-state index contributed by atoms with van der Waals surface area (Å²) in [4.78, 5) is 2.74. The van der Waals surface area contributed by atoms with Crippen molar-refractivity contribution in [1.29, 1.82) is 0 Å². The van der Waals surface area contributed by atoms with Crippen LogP contribution in [-0.2, 0) is 0 Å². The molecule has 3 nitrogen and oxygen atoms in total. The number of nitrogens with two attached hydrogens (primary N) is 1. The Labute approximate surface area is 114 Å². The second-order valence-corrected chi connectivity index (χ2v) is 5.39. The number of thiocarbonyl (C=S) groups is 1. The molecule has 1 saturated carbocycles. The van der Waals surface area contributed by atoms with Gasteiger partial charge in [0, 0.05) is 18.7 Å². The largest absolute Gasteiger partial charge is 0.492 e. The second kappa shape index (κ2) is 6.16. The van der Waals surface area contributed by atoms with Crippen LogP contribution >= 0.6 is 12.2 Å². The fourth-order valence-electron chi connectivity index (χ4n) is 1.89. The zero-order chi connectivity index (χ0) is 13.0. The molecule has 0 aliphatic heterocycles. The number of hydrogen-bond acceptors (Lipinski definition) is 3. The van der Waals surface area contributed by atoms with Crippen molar-refractivity contribution in [3.05, 3.63) is 29.8 Å². The third-order valence-corrected chi connectivity index (χ3v) is 3.36. The molecule has 18 heavy (non-hydrogen) atoms. The van der Waals surface area contributed by atoms with E-state index in [1.807, 2.05) is 24.3 Å². The highest BCUT2D eigenvalue weighted by atomic mass is 32.1. The van der Waals surface area contributed by atoms with Crippen LogP contribution in [0.5, 0.6) is 5.75 Å². The molecular weight excluding hydrogens is 244 g/mol. The van der Waals surface area contributed by atoms with Gasteiger partial charge >= 0.3 is 0 Å². The molecule has 4 heteroatoms. The number of rotatable bonds is 7. The fourth-order valence-corrected chi connectivity index (χ4v) is 2.02. The van der Waals surface area contributed by atoms with E-state index in [-0.39, 0.29) is 0 Å². The van der Waals surface area contributed by atoms with E-state index in [0.29, 0.717) is 11.6 Å². The first-order valence-electron chi connectivity index (χ1n) is 6.36. The molecule has 1 aromatic carbocycles. The van der Waals surface area contributed by atoms with Gasteiger partial charge < -0.3 is 15.4 Å². The van der Waals surface area contributed by atoms with Gasteiger partial charge in [-0.2, -0.15) is 0 Å². The second-order valence-electron chi connectivity index (χ2n) is 4.95. The number of benzene rings is 1. The summed E-state index contributed by atoms with van der Waals surface area (Å²) in [5, 5.41) is 0. The van der Waals surface area contributed by atoms with Crippen LogP contribution in [0.4, 0.5) is 0 Å². The highest BCUT2D eigenvalue weighted by Crippen LogP contribution is 2.29. The Bertz CT molecular complexity index is 418. The minimum Gasteiger partial charge on any atom is -0.492 e. The van der Waals surface area contributed by atoms with E-state index in [2.05, 4.69) is 11.9 Å². The molecule has 0 atom stereocenters. The van der Waals surface area contributed by atoms with Gasteiger partial charge in [0.15, 0.2) is 0 Å². The zero-order valence-electron chi connectivity index (χ0n) is 10.8. The lowest BCUT2D eigenvalue weighted by atomic mass is 10.2. The molecule has 1 aliphatic rings. The predicted molar refractivity (Wildman–Crippen MR) is 78.0 cm³/mol. The zero-order valence-corrected chi connectivity index (χ0v) is 11.6. The maximum absolute atomic E-state index is 5.71. The molecule has 1 fully saturated rings. The van der Waals surface area contributed by atoms with Gasteiger partial charge in [0.2, 0.25) is 0 Å². The molecular formula is C14H20N2OS. The summed E-state index contributed by atoms with van der Waals surface area (Å²) < 4.78 is 5.71. The Balaban J connectivity index is 1.75. The summed E-state index contributed by atoms with van der Waals surface area (Å²) in [5.74, 6) is 1.76. The van der Waals surface area contributed by atoms with Crippen molar-refractivity contribution in [3.8, 4) is 5.75 Å². The van der Waals surface area contributed by atoms with Gasteiger partial charge in [-0.3, -0.25) is 0 Å². The van der Waals surface area contributed by atoms with E-state index in [4.69, 9.17) is 22.7 Å². The Kier molecular flexibility index (Phi) is 4.55. The van der Waals surface area contributed by atoms with Crippen LogP contribution in [0, 0.1) is 5.92 Å². The number of ether oxygens (including phenoxy) is 1. The quantitative estimate of drug-likeness (QED) is 0.765. The van der Waals surface area contributed by atoms with Crippen LogP contribution in [0.15, 0.2) is 24.3 Å². The lowest BCUT2D eigenvalue weighted by Crippen LogP contribution is -2.26. The molecule has 0 aromatic heterocycles. The molecule has 2 rings (SSSR count). The first-order valence-corrected chi connectivity index (χ1v) is 6.77. The van der Waals surface area contributed by atoms with E-state index in [1.54, 1.807) is 0 Å². The smallest absolute Gasteiger partial charge is 0.120 e. The minimum atomic E-state index is 0.409. The Morgan fingerprint density at radius 2 is 2.28 bits per heavy atom. The summed E-state index contributed by atoms with van der Waals surface area (Å²) in [7, 11) is 2.15. The summed E-state index contributed by atoms with van der Waals surface area (Å²) in [6.45, 7) is 2.84. The van der Waals surface area contributed by atoms with Crippen molar-refractivity contribution >= 4 is 17.2 Å². The van der Waals surface area contributed by atoms with Crippen molar-refractivity contribution in [1.82, 2.24) is 4.90 Å². The maximum atomic E-state index is 5.71. The normalized spacial score (nSPS) is 14.8. The van der Waals surface area contributed by atoms with E-state index < -0.39 is 0 Å². The van der Waals surface area contributed by atoms with E-state index in [1.165, 1.54) is 19.4 Å². The lowest BCUT2D eigenvalue weighted by molar-refractivity contribution is 0.232. The van der Waals surface area contributed by atoms with Crippen molar-refractivity contribution in [2.45, 2.75) is 12.8 Å². The van der Waals surface area contributed by atoms with E-state index >= 15 is 0 Å². The average molecular weight is 264 g/mol. The van der Waals surface area contributed by atoms with Gasteiger partial charge in [0.1, 0.15) is 17.3 Å². The molecule has 1 aliphatic carbocycles. The van der Waals surface area contributed by atoms with Crippen molar-refractivity contribution in [2.24, 2.45) is 11.7 Å². The van der Waals surface area contributed by atoms with Crippen LogP contribution in [0.3, 0.4) is 0 Å². The fraction of sp³-hybridized carbons (Fsp3) is 0.500. The van der Waals surface area contributed by atoms with Crippen LogP contribution in [0.2, 0.25) is 0 Å². The van der Waals surface area contributed by atoms with Crippen LogP contribution < -0.4 is 10.5 Å². The number of nitrogens with zero attached hydrogens (tertiary/aromatic N) is 1. The van der Waals surface area contributed by atoms with Crippen LogP contribution in [0.1, 0.15) is 18.4 Å². The monoisotopic (exact) mass is 264 g/mol. The molecule has 2 N–H and O–H groups in total. The maximum Gasteiger partial charge on any atom is 0.120 e. The molecule has 0 spiro atoms. The molecule has 0 bridgehead atoms. The van der Waals surface area contributed by atoms with Gasteiger partial charge in [0.05, 0.1) is 0 Å². The molecule has 98 valence electrons. The van der Waals surface area contributed by atoms with Gasteiger partial charge in [-0.1, -0.05) is 24.4 Å². The molecule has 0 radical (unpaired) electrons. The summed E-state index contributed by atoms with van der Waals surface area (Å²) in [6.07, 6.45) is 2.78. The van der Waals surface area contributed by atoms with Gasteiger partial charge in [-0.25, -0.2) is 0 Å². The third-order valence-electron chi connectivity index (χ3n) is 3.13. The standard InChI is InChI=1S/C14H20N2OS/c1-16(10-11-5-6-11)7-8-17-13-4-2-3-12(9-13)14(15)18/h2-4,9,11H,5-8,10H2,1H3,(H2,15,18). The summed E-state index contributed by atoms with van der Waals surface area (Å²) in [6, 6.07) is 7.64. The SMILES string of the molecule is CN(CCOc1cccc(C(N)=S)c1)CC1CC1. The first-order chi connectivity index (χ1) is 8.65. The van der Waals surface area contributed by atoms with E-state index in [0.717, 1.165) is 23.8 Å². The first kappa shape index (κ1) is 13.3. The highest BCUT2D eigenvalue weighted by Gasteiger charge is 2.22. The van der Waals surface area contributed by atoms with Crippen molar-refractivity contribution in [3.63, 3.8) is 0 Å². The molecule has 0 saturated heterocycles. The Morgan fingerprint density at radius 1 is 1.50 bits per heavy atom. The van der Waals surface area contributed by atoms with Crippen molar-refractivity contribution < 1.29 is 4.74 Å². The van der Waals surface area contributed by atoms with Gasteiger partial charge in [0.25, 0.3) is 0 Å². The van der Waals surface area contributed by atoms with Gasteiger partial charge in [-0.05, 0) is 37.9 Å². The Morgan fingerprint density at radius 3 is 2.94 bits per heavy atom. The molecule has 0 unspecified atom stereocenters. The Hall–Kier alpha value is -1.13. The lowest BCUT2D eigenvalue weighted by Gasteiger charge is -2.16. The van der Waals surface area contributed by atoms with Crippen LogP contribution in [0.25, 0.3) is 0 Å². The molecule has 1 aromatic rings. The van der Waals surface area contributed by atoms with E-state index in [9.17, 15) is 0 Å². The molecule has 0 amide bonds. The summed E-state index contributed by atoms with van der Waals surface area (Å²) >= 11 is 4.94.